The van der Waals surface area contributed by atoms with Crippen LogP contribution in [0.25, 0.3) is 22.0 Å². The Bertz CT molecular complexity index is 1170. The number of hydrogen-bond donors (Lipinski definition) is 1. The minimum atomic E-state index is -0.592. The van der Waals surface area contributed by atoms with E-state index in [1.165, 1.54) is 41.8 Å². The summed E-state index contributed by atoms with van der Waals surface area (Å²) in [6, 6.07) is 13.9. The van der Waals surface area contributed by atoms with Crippen LogP contribution in [-0.2, 0) is 7.05 Å². The molecule has 5 nitrogen and oxygen atoms in total. The zero-order valence-corrected chi connectivity index (χ0v) is 15.5. The number of carbonyl (C=O) groups excluding carboxylic acids is 1. The van der Waals surface area contributed by atoms with Crippen LogP contribution in [0.2, 0.25) is 0 Å². The van der Waals surface area contributed by atoms with Gasteiger partial charge in [0.05, 0.1) is 23.1 Å². The maximum absolute atomic E-state index is 14.0. The molecular formula is C20H14F2N4OS. The molecule has 1 amide bonds. The lowest BCUT2D eigenvalue weighted by atomic mass is 10.1. The van der Waals surface area contributed by atoms with Gasteiger partial charge in [-0.3, -0.25) is 9.48 Å². The highest BCUT2D eigenvalue weighted by atomic mass is 32.1. The van der Waals surface area contributed by atoms with Crippen LogP contribution < -0.4 is 5.32 Å². The second-order valence-electron chi connectivity index (χ2n) is 5.98. The minimum Gasteiger partial charge on any atom is -0.312 e. The van der Waals surface area contributed by atoms with Crippen LogP contribution in [0.1, 0.15) is 10.4 Å². The summed E-state index contributed by atoms with van der Waals surface area (Å²) in [5.41, 5.74) is 1.52. The molecule has 0 radical (unpaired) electrons. The first-order chi connectivity index (χ1) is 13.5. The lowest BCUT2D eigenvalue weighted by Gasteiger charge is -2.02. The molecule has 0 bridgehead atoms. The maximum Gasteiger partial charge on any atom is 0.259 e. The van der Waals surface area contributed by atoms with Crippen molar-refractivity contribution < 1.29 is 13.6 Å². The van der Waals surface area contributed by atoms with Gasteiger partial charge in [0.1, 0.15) is 21.6 Å². The molecule has 140 valence electrons. The van der Waals surface area contributed by atoms with Crippen molar-refractivity contribution >= 4 is 22.2 Å². The fourth-order valence-corrected chi connectivity index (χ4v) is 3.60. The molecule has 0 aliphatic rings. The van der Waals surface area contributed by atoms with Gasteiger partial charge < -0.3 is 5.32 Å². The summed E-state index contributed by atoms with van der Waals surface area (Å²) in [4.78, 5) is 16.5. The molecule has 0 aliphatic carbocycles. The van der Waals surface area contributed by atoms with Crippen molar-refractivity contribution in [3.63, 3.8) is 0 Å². The van der Waals surface area contributed by atoms with Gasteiger partial charge in [-0.25, -0.2) is 13.8 Å². The Morgan fingerprint density at radius 3 is 2.54 bits per heavy atom. The molecule has 0 unspecified atom stereocenters. The van der Waals surface area contributed by atoms with Gasteiger partial charge in [0.25, 0.3) is 5.91 Å². The third kappa shape index (κ3) is 3.41. The molecule has 0 aliphatic heterocycles. The first-order valence-corrected chi connectivity index (χ1v) is 9.15. The van der Waals surface area contributed by atoms with Crippen molar-refractivity contribution in [1.29, 1.82) is 0 Å². The number of nitrogens with one attached hydrogen (secondary N) is 1. The summed E-state index contributed by atoms with van der Waals surface area (Å²) in [5, 5.41) is 8.07. The Balaban J connectivity index is 1.59. The predicted octanol–water partition coefficient (Wildman–Crippen LogP) is 4.74. The van der Waals surface area contributed by atoms with Crippen molar-refractivity contribution in [3.8, 4) is 22.0 Å². The molecule has 0 fully saturated rings. The first-order valence-electron chi connectivity index (χ1n) is 8.34. The van der Waals surface area contributed by atoms with Gasteiger partial charge in [-0.2, -0.15) is 5.10 Å². The average Bonchev–Trinajstić information content (AvgIpc) is 3.28. The van der Waals surface area contributed by atoms with Gasteiger partial charge in [0, 0.05) is 12.6 Å². The Labute approximate surface area is 163 Å². The summed E-state index contributed by atoms with van der Waals surface area (Å²) in [6.07, 6.45) is 1.49. The molecule has 2 heterocycles. The van der Waals surface area contributed by atoms with Crippen molar-refractivity contribution in [2.24, 2.45) is 7.05 Å². The molecule has 2 aromatic heterocycles. The lowest BCUT2D eigenvalue weighted by Crippen LogP contribution is -2.12. The fraction of sp³-hybridized carbons (Fsp3) is 0.0500. The Morgan fingerprint density at radius 1 is 1.07 bits per heavy atom. The zero-order chi connectivity index (χ0) is 19.7. The van der Waals surface area contributed by atoms with Crippen LogP contribution in [0.3, 0.4) is 0 Å². The molecule has 8 heteroatoms. The second-order valence-corrected chi connectivity index (χ2v) is 7.01. The number of nitrogens with zero attached hydrogens (tertiary/aromatic N) is 3. The molecule has 4 aromatic rings. The maximum atomic E-state index is 14.0. The quantitative estimate of drug-likeness (QED) is 0.542. The highest BCUT2D eigenvalue weighted by Crippen LogP contribution is 2.32. The average molecular weight is 396 g/mol. The van der Waals surface area contributed by atoms with E-state index in [4.69, 9.17) is 0 Å². The zero-order valence-electron chi connectivity index (χ0n) is 14.7. The van der Waals surface area contributed by atoms with E-state index in [0.717, 1.165) is 0 Å². The normalized spacial score (nSPS) is 10.8. The van der Waals surface area contributed by atoms with E-state index in [9.17, 15) is 13.6 Å². The summed E-state index contributed by atoms with van der Waals surface area (Å²) < 4.78 is 29.4. The molecule has 0 saturated carbocycles. The van der Waals surface area contributed by atoms with Gasteiger partial charge in [-0.1, -0.05) is 35.6 Å². The standard InChI is InChI=1S/C20H14F2N4OS/c1-26-17(10-16(25-26)12-6-2-4-8-14(12)21)20-23-11-18(28-20)24-19(27)13-7-3-5-9-15(13)22/h2-11H,1H3,(H,24,27). The molecule has 2 aromatic carbocycles. The number of amides is 1. The molecule has 0 spiro atoms. The number of aromatic nitrogens is 3. The molecule has 0 atom stereocenters. The Morgan fingerprint density at radius 2 is 1.79 bits per heavy atom. The van der Waals surface area contributed by atoms with Crippen molar-refractivity contribution in [2.75, 3.05) is 5.32 Å². The third-order valence-electron chi connectivity index (χ3n) is 4.11. The monoisotopic (exact) mass is 396 g/mol. The van der Waals surface area contributed by atoms with Crippen molar-refractivity contribution in [3.05, 3.63) is 78.0 Å². The summed E-state index contributed by atoms with van der Waals surface area (Å²) in [6.45, 7) is 0. The fourth-order valence-electron chi connectivity index (χ4n) is 2.74. The van der Waals surface area contributed by atoms with Gasteiger partial charge in [-0.05, 0) is 30.3 Å². The number of thiazole rings is 1. The first kappa shape index (κ1) is 18.0. The van der Waals surface area contributed by atoms with Gasteiger partial charge >= 0.3 is 0 Å². The van der Waals surface area contributed by atoms with Gasteiger partial charge in [-0.15, -0.1) is 0 Å². The molecule has 28 heavy (non-hydrogen) atoms. The van der Waals surface area contributed by atoms with E-state index < -0.39 is 11.7 Å². The van der Waals surface area contributed by atoms with Crippen LogP contribution in [-0.4, -0.2) is 20.7 Å². The number of benzene rings is 2. The molecular weight excluding hydrogens is 382 g/mol. The number of halogens is 2. The van der Waals surface area contributed by atoms with Crippen molar-refractivity contribution in [2.45, 2.75) is 0 Å². The number of carbonyl (C=O) groups is 1. The van der Waals surface area contributed by atoms with Crippen LogP contribution in [0.15, 0.2) is 60.8 Å². The van der Waals surface area contributed by atoms with Crippen LogP contribution >= 0.6 is 11.3 Å². The highest BCUT2D eigenvalue weighted by molar-refractivity contribution is 7.19. The Kier molecular flexibility index (Phi) is 4.70. The van der Waals surface area contributed by atoms with Crippen LogP contribution in [0.5, 0.6) is 0 Å². The smallest absolute Gasteiger partial charge is 0.259 e. The minimum absolute atomic E-state index is 0.0418. The summed E-state index contributed by atoms with van der Waals surface area (Å²) in [5.74, 6) is -1.50. The molecule has 1 N–H and O–H groups in total. The van der Waals surface area contributed by atoms with E-state index in [-0.39, 0.29) is 11.4 Å². The van der Waals surface area contributed by atoms with Crippen LogP contribution in [0.4, 0.5) is 13.8 Å². The molecule has 0 saturated heterocycles. The highest BCUT2D eigenvalue weighted by Gasteiger charge is 2.17. The van der Waals surface area contributed by atoms with E-state index in [1.807, 2.05) is 0 Å². The van der Waals surface area contributed by atoms with Crippen molar-refractivity contribution in [1.82, 2.24) is 14.8 Å². The molecule has 4 rings (SSSR count). The third-order valence-corrected chi connectivity index (χ3v) is 5.04. The SMILES string of the molecule is Cn1nc(-c2ccccc2F)cc1-c1ncc(NC(=O)c2ccccc2F)s1. The number of aryl methyl sites for hydroxylation is 1. The van der Waals surface area contributed by atoms with E-state index in [0.29, 0.717) is 27.0 Å². The lowest BCUT2D eigenvalue weighted by molar-refractivity contribution is 0.102. The number of rotatable bonds is 4. The van der Waals surface area contributed by atoms with E-state index in [1.54, 1.807) is 42.1 Å². The van der Waals surface area contributed by atoms with Gasteiger partial charge in [0.2, 0.25) is 0 Å². The summed E-state index contributed by atoms with van der Waals surface area (Å²) >= 11 is 1.22. The predicted molar refractivity (Wildman–Crippen MR) is 104 cm³/mol. The van der Waals surface area contributed by atoms with Crippen LogP contribution in [0, 0.1) is 11.6 Å². The largest absolute Gasteiger partial charge is 0.312 e. The summed E-state index contributed by atoms with van der Waals surface area (Å²) in [7, 11) is 1.73. The number of hydrogen-bond acceptors (Lipinski definition) is 4. The topological polar surface area (TPSA) is 59.8 Å². The van der Waals surface area contributed by atoms with E-state index in [2.05, 4.69) is 15.4 Å². The van der Waals surface area contributed by atoms with E-state index >= 15 is 0 Å². The number of anilines is 1. The Hall–Kier alpha value is -3.39. The van der Waals surface area contributed by atoms with Gasteiger partial charge in [0.15, 0.2) is 0 Å². The second kappa shape index (κ2) is 7.32.